The molecule has 1 saturated carbocycles. The summed E-state index contributed by atoms with van der Waals surface area (Å²) >= 11 is 0. The van der Waals surface area contributed by atoms with Gasteiger partial charge >= 0.3 is 0 Å². The molecule has 138 valence electrons. The molecular weight excluding hydrogens is 340 g/mol. The first-order chi connectivity index (χ1) is 13.1. The van der Waals surface area contributed by atoms with Gasteiger partial charge in [0, 0.05) is 11.6 Å². The summed E-state index contributed by atoms with van der Waals surface area (Å²) in [5.41, 5.74) is 3.56. The minimum atomic E-state index is -0.126. The molecule has 2 N–H and O–H groups in total. The summed E-state index contributed by atoms with van der Waals surface area (Å²) in [6.07, 6.45) is 1.92. The van der Waals surface area contributed by atoms with Crippen LogP contribution in [0.1, 0.15) is 24.2 Å². The van der Waals surface area contributed by atoms with Crippen molar-refractivity contribution in [2.24, 2.45) is 5.92 Å². The van der Waals surface area contributed by atoms with Gasteiger partial charge in [0.2, 0.25) is 11.8 Å². The van der Waals surface area contributed by atoms with Crippen molar-refractivity contribution in [2.75, 3.05) is 5.32 Å². The molecule has 3 aromatic rings. The number of imidazole rings is 1. The molecular formula is C21H22N4O2. The molecule has 27 heavy (non-hydrogen) atoms. The number of amides is 2. The molecule has 0 saturated heterocycles. The van der Waals surface area contributed by atoms with Gasteiger partial charge in [0.1, 0.15) is 12.4 Å². The van der Waals surface area contributed by atoms with Crippen LogP contribution < -0.4 is 10.6 Å². The molecule has 1 heterocycles. The highest BCUT2D eigenvalue weighted by molar-refractivity contribution is 5.91. The Balaban J connectivity index is 1.54. The van der Waals surface area contributed by atoms with Gasteiger partial charge in [-0.05, 0) is 49.6 Å². The van der Waals surface area contributed by atoms with Gasteiger partial charge in [-0.3, -0.25) is 9.59 Å². The van der Waals surface area contributed by atoms with Crippen molar-refractivity contribution in [3.63, 3.8) is 0 Å². The zero-order chi connectivity index (χ0) is 18.8. The molecule has 0 radical (unpaired) electrons. The van der Waals surface area contributed by atoms with Gasteiger partial charge in [-0.2, -0.15) is 0 Å². The van der Waals surface area contributed by atoms with E-state index in [1.165, 1.54) is 0 Å². The Morgan fingerprint density at radius 1 is 1.15 bits per heavy atom. The predicted octanol–water partition coefficient (Wildman–Crippen LogP) is 3.01. The number of carbonyl (C=O) groups excluding carboxylic acids is 2. The monoisotopic (exact) mass is 362 g/mol. The zero-order valence-corrected chi connectivity index (χ0v) is 15.2. The standard InChI is InChI=1S/C21H22N4O2/c1-14-5-4-6-16(11-14)23-20(26)13-25-18-8-3-2-7-17(18)24-19(25)12-22-21(27)15-9-10-15/h2-8,11,15H,9-10,12-13H2,1H3,(H,22,27)(H,23,26). The summed E-state index contributed by atoms with van der Waals surface area (Å²) in [4.78, 5) is 29.2. The molecule has 2 amide bonds. The number of carbonyl (C=O) groups is 2. The van der Waals surface area contributed by atoms with Crippen LogP contribution >= 0.6 is 0 Å². The maximum absolute atomic E-state index is 12.6. The van der Waals surface area contributed by atoms with Crippen molar-refractivity contribution in [1.82, 2.24) is 14.9 Å². The fourth-order valence-corrected chi connectivity index (χ4v) is 3.16. The van der Waals surface area contributed by atoms with Gasteiger partial charge in [-0.25, -0.2) is 4.98 Å². The van der Waals surface area contributed by atoms with Crippen LogP contribution in [0.15, 0.2) is 48.5 Å². The summed E-state index contributed by atoms with van der Waals surface area (Å²) in [6.45, 7) is 2.45. The fourth-order valence-electron chi connectivity index (χ4n) is 3.16. The quantitative estimate of drug-likeness (QED) is 0.708. The van der Waals surface area contributed by atoms with E-state index in [2.05, 4.69) is 15.6 Å². The Labute approximate surface area is 157 Å². The van der Waals surface area contributed by atoms with E-state index in [-0.39, 0.29) is 24.3 Å². The Morgan fingerprint density at radius 2 is 1.96 bits per heavy atom. The summed E-state index contributed by atoms with van der Waals surface area (Å²) in [7, 11) is 0. The lowest BCUT2D eigenvalue weighted by Gasteiger charge is -2.11. The number of anilines is 1. The van der Waals surface area contributed by atoms with E-state index in [1.54, 1.807) is 0 Å². The van der Waals surface area contributed by atoms with E-state index in [0.29, 0.717) is 12.4 Å². The minimum Gasteiger partial charge on any atom is -0.349 e. The highest BCUT2D eigenvalue weighted by Gasteiger charge is 2.29. The molecule has 0 atom stereocenters. The highest BCUT2D eigenvalue weighted by atomic mass is 16.2. The molecule has 1 aliphatic rings. The normalized spacial score (nSPS) is 13.5. The molecule has 0 aliphatic heterocycles. The lowest BCUT2D eigenvalue weighted by Crippen LogP contribution is -2.27. The molecule has 4 rings (SSSR count). The van der Waals surface area contributed by atoms with Crippen molar-refractivity contribution in [3.8, 4) is 0 Å². The number of aryl methyl sites for hydroxylation is 1. The average molecular weight is 362 g/mol. The van der Waals surface area contributed by atoms with Crippen LogP contribution in [-0.2, 0) is 22.7 Å². The number of hydrogen-bond acceptors (Lipinski definition) is 3. The van der Waals surface area contributed by atoms with E-state index in [4.69, 9.17) is 0 Å². The van der Waals surface area contributed by atoms with Crippen LogP contribution in [0.5, 0.6) is 0 Å². The summed E-state index contributed by atoms with van der Waals surface area (Å²) in [5.74, 6) is 0.772. The second-order valence-corrected chi connectivity index (χ2v) is 7.01. The van der Waals surface area contributed by atoms with Crippen LogP contribution in [-0.4, -0.2) is 21.4 Å². The van der Waals surface area contributed by atoms with Gasteiger partial charge in [0.15, 0.2) is 0 Å². The third-order valence-electron chi connectivity index (χ3n) is 4.71. The maximum atomic E-state index is 12.6. The Kier molecular flexibility index (Phi) is 4.62. The van der Waals surface area contributed by atoms with Crippen LogP contribution in [0.2, 0.25) is 0 Å². The van der Waals surface area contributed by atoms with Crippen molar-refractivity contribution < 1.29 is 9.59 Å². The fraction of sp³-hybridized carbons (Fsp3) is 0.286. The summed E-state index contributed by atoms with van der Waals surface area (Å²) in [6, 6.07) is 15.4. The molecule has 1 fully saturated rings. The largest absolute Gasteiger partial charge is 0.349 e. The second kappa shape index (κ2) is 7.23. The van der Waals surface area contributed by atoms with Crippen molar-refractivity contribution in [3.05, 3.63) is 59.9 Å². The Morgan fingerprint density at radius 3 is 2.74 bits per heavy atom. The van der Waals surface area contributed by atoms with E-state index in [0.717, 1.165) is 35.1 Å². The lowest BCUT2D eigenvalue weighted by molar-refractivity contribution is -0.122. The van der Waals surface area contributed by atoms with Gasteiger partial charge in [-0.15, -0.1) is 0 Å². The topological polar surface area (TPSA) is 76.0 Å². The van der Waals surface area contributed by atoms with Gasteiger partial charge in [0.25, 0.3) is 0 Å². The SMILES string of the molecule is Cc1cccc(NC(=O)Cn2c(CNC(=O)C3CC3)nc3ccccc32)c1. The molecule has 0 spiro atoms. The van der Waals surface area contributed by atoms with Crippen LogP contribution in [0.4, 0.5) is 5.69 Å². The molecule has 0 unspecified atom stereocenters. The van der Waals surface area contributed by atoms with E-state index in [1.807, 2.05) is 60.0 Å². The number of fused-ring (bicyclic) bond motifs is 1. The number of rotatable bonds is 6. The molecule has 2 aromatic carbocycles. The number of hydrogen-bond donors (Lipinski definition) is 2. The second-order valence-electron chi connectivity index (χ2n) is 7.01. The first-order valence-corrected chi connectivity index (χ1v) is 9.18. The summed E-state index contributed by atoms with van der Waals surface area (Å²) < 4.78 is 1.87. The van der Waals surface area contributed by atoms with Crippen molar-refractivity contribution >= 4 is 28.5 Å². The predicted molar refractivity (Wildman–Crippen MR) is 104 cm³/mol. The van der Waals surface area contributed by atoms with E-state index >= 15 is 0 Å². The molecule has 1 aliphatic carbocycles. The first kappa shape index (κ1) is 17.3. The Hall–Kier alpha value is -3.15. The molecule has 1 aromatic heterocycles. The average Bonchev–Trinajstić information content (AvgIpc) is 3.44. The lowest BCUT2D eigenvalue weighted by atomic mass is 10.2. The number of nitrogens with one attached hydrogen (secondary N) is 2. The molecule has 0 bridgehead atoms. The number of aromatic nitrogens is 2. The third kappa shape index (κ3) is 4.00. The number of nitrogens with zero attached hydrogens (tertiary/aromatic N) is 2. The van der Waals surface area contributed by atoms with Gasteiger partial charge in [0.05, 0.1) is 17.6 Å². The maximum Gasteiger partial charge on any atom is 0.244 e. The van der Waals surface area contributed by atoms with Gasteiger partial charge in [-0.1, -0.05) is 24.3 Å². The van der Waals surface area contributed by atoms with Crippen LogP contribution in [0, 0.1) is 12.8 Å². The first-order valence-electron chi connectivity index (χ1n) is 9.18. The van der Waals surface area contributed by atoms with E-state index in [9.17, 15) is 9.59 Å². The Bertz CT molecular complexity index is 1000. The molecule has 6 heteroatoms. The smallest absolute Gasteiger partial charge is 0.244 e. The zero-order valence-electron chi connectivity index (χ0n) is 15.2. The van der Waals surface area contributed by atoms with E-state index < -0.39 is 0 Å². The highest BCUT2D eigenvalue weighted by Crippen LogP contribution is 2.28. The number of benzene rings is 2. The van der Waals surface area contributed by atoms with Crippen molar-refractivity contribution in [1.29, 1.82) is 0 Å². The number of para-hydroxylation sites is 2. The van der Waals surface area contributed by atoms with Crippen LogP contribution in [0.25, 0.3) is 11.0 Å². The van der Waals surface area contributed by atoms with Crippen LogP contribution in [0.3, 0.4) is 0 Å². The summed E-state index contributed by atoms with van der Waals surface area (Å²) in [5, 5.41) is 5.87. The van der Waals surface area contributed by atoms with Crippen molar-refractivity contribution in [2.45, 2.75) is 32.9 Å². The molecule has 6 nitrogen and oxygen atoms in total. The third-order valence-corrected chi connectivity index (χ3v) is 4.71. The van der Waals surface area contributed by atoms with Gasteiger partial charge < -0.3 is 15.2 Å². The minimum absolute atomic E-state index is 0.0674.